The van der Waals surface area contributed by atoms with Crippen molar-refractivity contribution < 1.29 is 27.2 Å². The van der Waals surface area contributed by atoms with Gasteiger partial charge < -0.3 is 14.5 Å². The number of nitrogens with one attached hydrogen (secondary N) is 2. The molecule has 1 amide bonds. The summed E-state index contributed by atoms with van der Waals surface area (Å²) in [5.41, 5.74) is 1.43. The van der Waals surface area contributed by atoms with Crippen molar-refractivity contribution in [1.29, 1.82) is 0 Å². The van der Waals surface area contributed by atoms with Crippen LogP contribution in [-0.4, -0.2) is 39.3 Å². The highest BCUT2D eigenvalue weighted by molar-refractivity contribution is 7.90. The highest BCUT2D eigenvalue weighted by Crippen LogP contribution is 2.25. The Labute approximate surface area is 184 Å². The Kier molecular flexibility index (Phi) is 5.95. The summed E-state index contributed by atoms with van der Waals surface area (Å²) in [6.45, 7) is 1.78. The lowest BCUT2D eigenvalue weighted by molar-refractivity contribution is -0.119. The van der Waals surface area contributed by atoms with E-state index in [4.69, 9.17) is 9.15 Å². The van der Waals surface area contributed by atoms with Gasteiger partial charge in [0.15, 0.2) is 6.61 Å². The average Bonchev–Trinajstić information content (AvgIpc) is 3.40. The molecule has 9 nitrogen and oxygen atoms in total. The molecule has 3 aromatic rings. The first kappa shape index (κ1) is 21.6. The van der Waals surface area contributed by atoms with Crippen LogP contribution < -0.4 is 10.0 Å². The number of carbonyl (C=O) groups excluding carboxylic acids is 2. The number of furan rings is 1. The second kappa shape index (κ2) is 8.83. The number of esters is 1. The molecule has 1 aromatic heterocycles. The molecular weight excluding hydrogens is 434 g/mol. The summed E-state index contributed by atoms with van der Waals surface area (Å²) < 4.78 is 38.1. The minimum absolute atomic E-state index is 0.0141. The van der Waals surface area contributed by atoms with E-state index >= 15 is 0 Å². The van der Waals surface area contributed by atoms with Crippen molar-refractivity contribution in [3.05, 3.63) is 59.9 Å². The summed E-state index contributed by atoms with van der Waals surface area (Å²) in [6, 6.07) is 13.0. The number of hydrogen-bond acceptors (Lipinski definition) is 7. The maximum absolute atomic E-state index is 12.5. The van der Waals surface area contributed by atoms with Crippen molar-refractivity contribution in [1.82, 2.24) is 4.72 Å². The molecule has 10 heteroatoms. The van der Waals surface area contributed by atoms with Crippen LogP contribution >= 0.6 is 0 Å². The summed E-state index contributed by atoms with van der Waals surface area (Å²) in [5, 5.41) is 3.32. The fraction of sp³-hybridized carbons (Fsp3) is 0.227. The second-order valence-electron chi connectivity index (χ2n) is 7.24. The molecule has 0 fully saturated rings. The molecule has 2 N–H and O–H groups in total. The third kappa shape index (κ3) is 4.65. The van der Waals surface area contributed by atoms with E-state index in [0.29, 0.717) is 29.9 Å². The zero-order valence-corrected chi connectivity index (χ0v) is 18.1. The molecule has 0 aliphatic carbocycles. The number of aryl methyl sites for hydroxylation is 1. The Balaban J connectivity index is 1.38. The second-order valence-corrected chi connectivity index (χ2v) is 8.92. The summed E-state index contributed by atoms with van der Waals surface area (Å²) in [6.07, 6.45) is 1.38. The van der Waals surface area contributed by atoms with Gasteiger partial charge in [0, 0.05) is 29.6 Å². The molecule has 1 aliphatic heterocycles. The molecule has 2 aromatic carbocycles. The van der Waals surface area contributed by atoms with Crippen LogP contribution in [0.5, 0.6) is 0 Å². The predicted molar refractivity (Wildman–Crippen MR) is 118 cm³/mol. The van der Waals surface area contributed by atoms with Gasteiger partial charge in [0.1, 0.15) is 11.4 Å². The van der Waals surface area contributed by atoms with Crippen LogP contribution in [0.2, 0.25) is 0 Å². The molecular formula is C22H21N3O6S. The minimum Gasteiger partial charge on any atom is -0.450 e. The third-order valence-corrected chi connectivity index (χ3v) is 6.30. The standard InChI is InChI=1S/C22H21N3O6S/c1-14-17-8-2-3-9-18(17)31-21(14)22(27)30-13-20(26)24-15-6-4-7-16(12-15)32(28,29)25-19-10-5-11-23-19/h2-4,6-9,12H,5,10-11,13H2,1H3,(H,23,25)(H,24,26). The van der Waals surface area contributed by atoms with E-state index < -0.39 is 28.5 Å². The van der Waals surface area contributed by atoms with Crippen molar-refractivity contribution >= 4 is 44.4 Å². The van der Waals surface area contributed by atoms with Gasteiger partial charge in [-0.2, -0.15) is 0 Å². The van der Waals surface area contributed by atoms with Crippen LogP contribution in [0.3, 0.4) is 0 Å². The Hall–Kier alpha value is -3.66. The predicted octanol–water partition coefficient (Wildman–Crippen LogP) is 3.01. The Bertz CT molecular complexity index is 1330. The number of amidine groups is 1. The maximum Gasteiger partial charge on any atom is 0.375 e. The Morgan fingerprint density at radius 2 is 1.97 bits per heavy atom. The number of benzene rings is 2. The zero-order chi connectivity index (χ0) is 22.7. The van der Waals surface area contributed by atoms with Crippen LogP contribution in [0, 0.1) is 6.92 Å². The number of carbonyl (C=O) groups is 2. The largest absolute Gasteiger partial charge is 0.450 e. The molecule has 0 bridgehead atoms. The molecule has 32 heavy (non-hydrogen) atoms. The van der Waals surface area contributed by atoms with Gasteiger partial charge >= 0.3 is 5.97 Å². The molecule has 0 spiro atoms. The van der Waals surface area contributed by atoms with E-state index in [-0.39, 0.29) is 16.3 Å². The van der Waals surface area contributed by atoms with Gasteiger partial charge in [-0.1, -0.05) is 24.3 Å². The van der Waals surface area contributed by atoms with Crippen molar-refractivity contribution in [2.24, 2.45) is 4.99 Å². The van der Waals surface area contributed by atoms with E-state index in [1.807, 2.05) is 12.1 Å². The molecule has 0 saturated heterocycles. The van der Waals surface area contributed by atoms with Gasteiger partial charge in [0.05, 0.1) is 4.90 Å². The molecule has 1 aliphatic rings. The SMILES string of the molecule is Cc1c(C(=O)OCC(=O)Nc2cccc(S(=O)(=O)NC3=NCCC3)c2)oc2ccccc12. The third-order valence-electron chi connectivity index (χ3n) is 4.92. The Morgan fingerprint density at radius 1 is 1.16 bits per heavy atom. The fourth-order valence-corrected chi connectivity index (χ4v) is 4.48. The zero-order valence-electron chi connectivity index (χ0n) is 17.3. The van der Waals surface area contributed by atoms with Gasteiger partial charge in [-0.15, -0.1) is 0 Å². The molecule has 0 radical (unpaired) electrons. The number of amides is 1. The highest BCUT2D eigenvalue weighted by atomic mass is 32.2. The lowest BCUT2D eigenvalue weighted by atomic mass is 10.1. The topological polar surface area (TPSA) is 127 Å². The van der Waals surface area contributed by atoms with Gasteiger partial charge in [0.2, 0.25) is 5.76 Å². The molecule has 0 atom stereocenters. The van der Waals surface area contributed by atoms with Gasteiger partial charge in [-0.3, -0.25) is 14.5 Å². The van der Waals surface area contributed by atoms with Crippen molar-refractivity contribution in [3.8, 4) is 0 Å². The van der Waals surface area contributed by atoms with E-state index in [1.165, 1.54) is 24.3 Å². The summed E-state index contributed by atoms with van der Waals surface area (Å²) >= 11 is 0. The van der Waals surface area contributed by atoms with Crippen molar-refractivity contribution in [2.45, 2.75) is 24.7 Å². The van der Waals surface area contributed by atoms with Crippen LogP contribution in [0.25, 0.3) is 11.0 Å². The van der Waals surface area contributed by atoms with Crippen LogP contribution in [0.4, 0.5) is 5.69 Å². The minimum atomic E-state index is -3.81. The molecule has 0 saturated carbocycles. The van der Waals surface area contributed by atoms with Crippen LogP contribution in [-0.2, 0) is 19.6 Å². The van der Waals surface area contributed by atoms with E-state index in [0.717, 1.165) is 11.8 Å². The van der Waals surface area contributed by atoms with E-state index in [9.17, 15) is 18.0 Å². The summed E-state index contributed by atoms with van der Waals surface area (Å²) in [7, 11) is -3.81. The first-order valence-corrected chi connectivity index (χ1v) is 11.4. The van der Waals surface area contributed by atoms with Crippen LogP contribution in [0.1, 0.15) is 29.0 Å². The summed E-state index contributed by atoms with van der Waals surface area (Å²) in [4.78, 5) is 28.7. The number of fused-ring (bicyclic) bond motifs is 1. The Morgan fingerprint density at radius 3 is 2.72 bits per heavy atom. The van der Waals surface area contributed by atoms with Crippen molar-refractivity contribution in [3.63, 3.8) is 0 Å². The fourth-order valence-electron chi connectivity index (χ4n) is 3.34. The first-order chi connectivity index (χ1) is 15.3. The smallest absolute Gasteiger partial charge is 0.375 e. The number of hydrogen-bond donors (Lipinski definition) is 2. The van der Waals surface area contributed by atoms with Crippen molar-refractivity contribution in [2.75, 3.05) is 18.5 Å². The molecule has 0 unspecified atom stereocenters. The summed E-state index contributed by atoms with van der Waals surface area (Å²) in [5.74, 6) is -0.915. The van der Waals surface area contributed by atoms with Gasteiger partial charge in [0.25, 0.3) is 15.9 Å². The number of ether oxygens (including phenoxy) is 1. The van der Waals surface area contributed by atoms with Gasteiger partial charge in [-0.25, -0.2) is 13.2 Å². The molecule has 4 rings (SSSR count). The average molecular weight is 455 g/mol. The molecule has 166 valence electrons. The highest BCUT2D eigenvalue weighted by Gasteiger charge is 2.21. The number of aliphatic imine (C=N–C) groups is 1. The maximum atomic E-state index is 12.5. The quantitative estimate of drug-likeness (QED) is 0.550. The lowest BCUT2D eigenvalue weighted by Crippen LogP contribution is -2.29. The van der Waals surface area contributed by atoms with E-state index in [2.05, 4.69) is 15.0 Å². The van der Waals surface area contributed by atoms with E-state index in [1.54, 1.807) is 19.1 Å². The number of nitrogens with zero attached hydrogens (tertiary/aromatic N) is 1. The monoisotopic (exact) mass is 455 g/mol. The van der Waals surface area contributed by atoms with Crippen LogP contribution in [0.15, 0.2) is 62.8 Å². The number of para-hydroxylation sites is 1. The number of sulfonamides is 1. The normalized spacial score (nSPS) is 13.6. The molecule has 2 heterocycles. The lowest BCUT2D eigenvalue weighted by Gasteiger charge is -2.10. The first-order valence-electron chi connectivity index (χ1n) is 9.95. The van der Waals surface area contributed by atoms with Gasteiger partial charge in [-0.05, 0) is 37.6 Å². The number of anilines is 1. The number of rotatable bonds is 6.